The number of carbonyl (C=O) groups is 2. The summed E-state index contributed by atoms with van der Waals surface area (Å²) in [5.41, 5.74) is 0. The largest absolute Gasteiger partial charge is 0.480 e. The molecule has 0 radical (unpaired) electrons. The van der Waals surface area contributed by atoms with E-state index in [0.717, 1.165) is 6.42 Å². The van der Waals surface area contributed by atoms with Crippen molar-refractivity contribution in [2.75, 3.05) is 20.1 Å². The van der Waals surface area contributed by atoms with Crippen LogP contribution in [0.1, 0.15) is 26.7 Å². The van der Waals surface area contributed by atoms with Crippen molar-refractivity contribution < 1.29 is 19.8 Å². The van der Waals surface area contributed by atoms with Crippen molar-refractivity contribution >= 4 is 12.0 Å². The summed E-state index contributed by atoms with van der Waals surface area (Å²) >= 11 is 0. The van der Waals surface area contributed by atoms with E-state index in [4.69, 9.17) is 5.11 Å². The van der Waals surface area contributed by atoms with Crippen molar-refractivity contribution in [1.82, 2.24) is 9.80 Å². The number of hydrogen-bond acceptors (Lipinski definition) is 3. The predicted molar refractivity (Wildman–Crippen MR) is 66.2 cm³/mol. The molecular weight excluding hydrogens is 236 g/mol. The van der Waals surface area contributed by atoms with Crippen molar-refractivity contribution in [1.29, 1.82) is 0 Å². The Balaban J connectivity index is 2.67. The van der Waals surface area contributed by atoms with Gasteiger partial charge in [-0.2, -0.15) is 0 Å². The number of urea groups is 1. The lowest BCUT2D eigenvalue weighted by atomic mass is 10.1. The highest BCUT2D eigenvalue weighted by molar-refractivity contribution is 5.83. The first kappa shape index (κ1) is 14.8. The second-order valence-electron chi connectivity index (χ2n) is 5.07. The first-order chi connectivity index (χ1) is 8.36. The smallest absolute Gasteiger partial charge is 0.326 e. The molecule has 0 saturated carbocycles. The zero-order valence-corrected chi connectivity index (χ0v) is 11.2. The topological polar surface area (TPSA) is 81.1 Å². The van der Waals surface area contributed by atoms with E-state index >= 15 is 0 Å². The highest BCUT2D eigenvalue weighted by atomic mass is 16.4. The molecule has 2 amide bonds. The lowest BCUT2D eigenvalue weighted by molar-refractivity contribution is -0.141. The molecule has 0 aromatic heterocycles. The normalized spacial score (nSPS) is 25.0. The molecule has 1 rings (SSSR count). The number of amides is 2. The molecule has 6 nitrogen and oxygen atoms in total. The van der Waals surface area contributed by atoms with Crippen molar-refractivity contribution in [2.24, 2.45) is 5.92 Å². The highest BCUT2D eigenvalue weighted by Gasteiger charge is 2.40. The first-order valence-corrected chi connectivity index (χ1v) is 6.29. The molecule has 1 saturated heterocycles. The van der Waals surface area contributed by atoms with Crippen LogP contribution in [0.5, 0.6) is 0 Å². The van der Waals surface area contributed by atoms with Crippen LogP contribution in [0.2, 0.25) is 0 Å². The Kier molecular flexibility index (Phi) is 4.95. The molecule has 0 spiro atoms. The van der Waals surface area contributed by atoms with Gasteiger partial charge < -0.3 is 20.0 Å². The number of nitrogens with zero attached hydrogens (tertiary/aromatic N) is 2. The van der Waals surface area contributed by atoms with Gasteiger partial charge in [-0.25, -0.2) is 9.59 Å². The second kappa shape index (κ2) is 6.04. The molecule has 0 bridgehead atoms. The summed E-state index contributed by atoms with van der Waals surface area (Å²) in [5, 5.41) is 18.5. The standard InChI is InChI=1S/C12H22N2O4/c1-4-8(2)6-13(3)12(18)14-7-9(15)5-10(14)11(16)17/h8-10,15H,4-7H2,1-3H3,(H,16,17). The maximum absolute atomic E-state index is 12.1. The van der Waals surface area contributed by atoms with E-state index in [9.17, 15) is 14.7 Å². The predicted octanol–water partition coefficient (Wildman–Crippen LogP) is 0.604. The van der Waals surface area contributed by atoms with Gasteiger partial charge in [0, 0.05) is 26.6 Å². The summed E-state index contributed by atoms with van der Waals surface area (Å²) < 4.78 is 0. The van der Waals surface area contributed by atoms with Gasteiger partial charge in [0.25, 0.3) is 0 Å². The molecule has 1 aliphatic rings. The number of rotatable bonds is 4. The minimum absolute atomic E-state index is 0.0979. The van der Waals surface area contributed by atoms with E-state index in [-0.39, 0.29) is 19.0 Å². The molecule has 0 aromatic carbocycles. The molecule has 1 aliphatic heterocycles. The van der Waals surface area contributed by atoms with Crippen molar-refractivity contribution in [3.8, 4) is 0 Å². The van der Waals surface area contributed by atoms with Crippen LogP contribution in [0.15, 0.2) is 0 Å². The fraction of sp³-hybridized carbons (Fsp3) is 0.833. The molecule has 0 aromatic rings. The molecule has 104 valence electrons. The van der Waals surface area contributed by atoms with Crippen molar-refractivity contribution in [2.45, 2.75) is 38.8 Å². The van der Waals surface area contributed by atoms with E-state index in [0.29, 0.717) is 12.5 Å². The molecule has 3 atom stereocenters. The van der Waals surface area contributed by atoms with Gasteiger partial charge in [-0.3, -0.25) is 0 Å². The third-order valence-corrected chi connectivity index (χ3v) is 3.42. The van der Waals surface area contributed by atoms with E-state index in [2.05, 4.69) is 0 Å². The number of carbonyl (C=O) groups excluding carboxylic acids is 1. The zero-order chi connectivity index (χ0) is 13.9. The van der Waals surface area contributed by atoms with Gasteiger partial charge in [-0.15, -0.1) is 0 Å². The van der Waals surface area contributed by atoms with Crippen LogP contribution >= 0.6 is 0 Å². The minimum Gasteiger partial charge on any atom is -0.480 e. The zero-order valence-electron chi connectivity index (χ0n) is 11.2. The fourth-order valence-corrected chi connectivity index (χ4v) is 2.15. The van der Waals surface area contributed by atoms with Crippen LogP contribution in [0, 0.1) is 5.92 Å². The van der Waals surface area contributed by atoms with E-state index < -0.39 is 18.1 Å². The van der Waals surface area contributed by atoms with Gasteiger partial charge in [0.2, 0.25) is 0 Å². The van der Waals surface area contributed by atoms with Crippen LogP contribution in [0.3, 0.4) is 0 Å². The molecule has 2 N–H and O–H groups in total. The Bertz CT molecular complexity index is 321. The molecular formula is C12H22N2O4. The van der Waals surface area contributed by atoms with Gasteiger partial charge >= 0.3 is 12.0 Å². The summed E-state index contributed by atoms with van der Waals surface area (Å²) in [4.78, 5) is 25.9. The number of β-amino-alcohol motifs (C(OH)–C–C–N with tert-alkyl or cyclic N) is 1. The molecule has 6 heteroatoms. The van der Waals surface area contributed by atoms with Gasteiger partial charge in [0.15, 0.2) is 0 Å². The number of aliphatic hydroxyl groups excluding tert-OH is 1. The number of carboxylic acids is 1. The average Bonchev–Trinajstić information content (AvgIpc) is 2.70. The average molecular weight is 258 g/mol. The van der Waals surface area contributed by atoms with E-state index in [1.54, 1.807) is 7.05 Å². The fourth-order valence-electron chi connectivity index (χ4n) is 2.15. The number of aliphatic hydroxyl groups is 1. The summed E-state index contributed by atoms with van der Waals surface area (Å²) in [6.07, 6.45) is 0.327. The van der Waals surface area contributed by atoms with Crippen LogP contribution in [-0.4, -0.2) is 64.3 Å². The van der Waals surface area contributed by atoms with Crippen LogP contribution < -0.4 is 0 Å². The van der Waals surface area contributed by atoms with Gasteiger partial charge in [0.05, 0.1) is 6.10 Å². The first-order valence-electron chi connectivity index (χ1n) is 6.29. The van der Waals surface area contributed by atoms with Gasteiger partial charge in [-0.1, -0.05) is 20.3 Å². The Labute approximate surface area is 107 Å². The third kappa shape index (κ3) is 3.35. The SMILES string of the molecule is CCC(C)CN(C)C(=O)N1CC(O)CC1C(=O)O. The molecule has 18 heavy (non-hydrogen) atoms. The molecule has 1 heterocycles. The quantitative estimate of drug-likeness (QED) is 0.774. The van der Waals surface area contributed by atoms with Gasteiger partial charge in [-0.05, 0) is 5.92 Å². The molecule has 3 unspecified atom stereocenters. The van der Waals surface area contributed by atoms with Crippen LogP contribution in [0.25, 0.3) is 0 Å². The lowest BCUT2D eigenvalue weighted by Crippen LogP contribution is -2.47. The molecule has 0 aliphatic carbocycles. The summed E-state index contributed by atoms with van der Waals surface area (Å²) in [7, 11) is 1.66. The Morgan fingerprint density at radius 2 is 2.11 bits per heavy atom. The summed E-state index contributed by atoms with van der Waals surface area (Å²) in [6.45, 7) is 4.77. The maximum atomic E-state index is 12.1. The number of carboxylic acid groups (broad SMARTS) is 1. The number of aliphatic carboxylic acids is 1. The van der Waals surface area contributed by atoms with Crippen molar-refractivity contribution in [3.05, 3.63) is 0 Å². The van der Waals surface area contributed by atoms with Crippen LogP contribution in [-0.2, 0) is 4.79 Å². The monoisotopic (exact) mass is 258 g/mol. The van der Waals surface area contributed by atoms with Gasteiger partial charge in [0.1, 0.15) is 6.04 Å². The Morgan fingerprint density at radius 3 is 2.61 bits per heavy atom. The van der Waals surface area contributed by atoms with Crippen molar-refractivity contribution in [3.63, 3.8) is 0 Å². The number of hydrogen-bond donors (Lipinski definition) is 2. The third-order valence-electron chi connectivity index (χ3n) is 3.42. The summed E-state index contributed by atoms with van der Waals surface area (Å²) in [6, 6.07) is -1.23. The Hall–Kier alpha value is -1.30. The maximum Gasteiger partial charge on any atom is 0.326 e. The highest BCUT2D eigenvalue weighted by Crippen LogP contribution is 2.20. The van der Waals surface area contributed by atoms with E-state index in [1.807, 2.05) is 13.8 Å². The Morgan fingerprint density at radius 1 is 1.50 bits per heavy atom. The summed E-state index contributed by atoms with van der Waals surface area (Å²) in [5.74, 6) is -0.688. The lowest BCUT2D eigenvalue weighted by Gasteiger charge is -2.28. The minimum atomic E-state index is -1.06. The molecule has 1 fully saturated rings. The number of likely N-dealkylation sites (tertiary alicyclic amines) is 1. The van der Waals surface area contributed by atoms with Crippen LogP contribution in [0.4, 0.5) is 4.79 Å². The van der Waals surface area contributed by atoms with E-state index in [1.165, 1.54) is 9.80 Å². The second-order valence-corrected chi connectivity index (χ2v) is 5.07.